The number of benzene rings is 1. The summed E-state index contributed by atoms with van der Waals surface area (Å²) in [4.78, 5) is 43.0. The molecule has 1 saturated heterocycles. The van der Waals surface area contributed by atoms with E-state index in [0.717, 1.165) is 19.6 Å². The molecule has 3 aliphatic rings. The first-order chi connectivity index (χ1) is 13.0. The Labute approximate surface area is 158 Å². The van der Waals surface area contributed by atoms with E-state index < -0.39 is 17.3 Å². The average molecular weight is 371 g/mol. The van der Waals surface area contributed by atoms with Gasteiger partial charge >= 0.3 is 0 Å². The van der Waals surface area contributed by atoms with Gasteiger partial charge in [0.25, 0.3) is 0 Å². The third-order valence-electron chi connectivity index (χ3n) is 6.28. The van der Waals surface area contributed by atoms with Crippen LogP contribution in [0, 0.1) is 17.3 Å². The minimum Gasteiger partial charge on any atom is -0.383 e. The highest BCUT2D eigenvalue weighted by Crippen LogP contribution is 2.62. The van der Waals surface area contributed by atoms with Crippen LogP contribution in [0.1, 0.15) is 17.3 Å². The standard InChI is InChI=1S/C20H25N3O4/c1-20-15(18(25)21-14-6-4-3-5-13(14)17(20)24)16(20)19(26)23-9-7-22(8-10-23)11-12-27-2/h3-6,15-16H,7-12H2,1-2H3,(H,21,25)/t15?,16-,20-/m0/s1. The fourth-order valence-corrected chi connectivity index (χ4v) is 4.52. The highest BCUT2D eigenvalue weighted by Gasteiger charge is 2.73. The number of carbonyl (C=O) groups excluding carboxylic acids is 3. The van der Waals surface area contributed by atoms with Gasteiger partial charge < -0.3 is 15.0 Å². The van der Waals surface area contributed by atoms with Crippen molar-refractivity contribution in [1.29, 1.82) is 0 Å². The summed E-state index contributed by atoms with van der Waals surface area (Å²) in [6.45, 7) is 6.09. The molecule has 2 aliphatic heterocycles. The molecule has 0 aromatic heterocycles. The number of rotatable bonds is 4. The Bertz CT molecular complexity index is 787. The zero-order valence-corrected chi connectivity index (χ0v) is 15.7. The maximum atomic E-state index is 13.1. The molecule has 144 valence electrons. The van der Waals surface area contributed by atoms with Crippen LogP contribution in [0.4, 0.5) is 5.69 Å². The zero-order chi connectivity index (χ0) is 19.2. The van der Waals surface area contributed by atoms with Gasteiger partial charge in [-0.15, -0.1) is 0 Å². The van der Waals surface area contributed by atoms with Gasteiger partial charge in [-0.3, -0.25) is 19.3 Å². The molecule has 3 atom stereocenters. The highest BCUT2D eigenvalue weighted by molar-refractivity contribution is 6.19. The van der Waals surface area contributed by atoms with E-state index >= 15 is 0 Å². The summed E-state index contributed by atoms with van der Waals surface area (Å²) >= 11 is 0. The molecule has 0 bridgehead atoms. The molecule has 0 spiro atoms. The second-order valence-corrected chi connectivity index (χ2v) is 7.76. The molecule has 7 heteroatoms. The van der Waals surface area contributed by atoms with Gasteiger partial charge in [-0.2, -0.15) is 0 Å². The molecular weight excluding hydrogens is 346 g/mol. The van der Waals surface area contributed by atoms with Crippen molar-refractivity contribution in [2.45, 2.75) is 6.92 Å². The van der Waals surface area contributed by atoms with E-state index in [1.807, 2.05) is 0 Å². The summed E-state index contributed by atoms with van der Waals surface area (Å²) in [6.07, 6.45) is 0. The summed E-state index contributed by atoms with van der Waals surface area (Å²) < 4.78 is 5.10. The third kappa shape index (κ3) is 2.85. The van der Waals surface area contributed by atoms with Crippen LogP contribution in [0.2, 0.25) is 0 Å². The van der Waals surface area contributed by atoms with Gasteiger partial charge in [0.1, 0.15) is 0 Å². The summed E-state index contributed by atoms with van der Waals surface area (Å²) in [5.74, 6) is -1.57. The van der Waals surface area contributed by atoms with E-state index in [-0.39, 0.29) is 17.6 Å². The summed E-state index contributed by atoms with van der Waals surface area (Å²) in [7, 11) is 1.68. The lowest BCUT2D eigenvalue weighted by Gasteiger charge is -2.35. The minimum absolute atomic E-state index is 0.0724. The maximum Gasteiger partial charge on any atom is 0.229 e. The number of hydrogen-bond acceptors (Lipinski definition) is 5. The molecule has 27 heavy (non-hydrogen) atoms. The van der Waals surface area contributed by atoms with Gasteiger partial charge in [0, 0.05) is 45.4 Å². The predicted octanol–water partition coefficient (Wildman–Crippen LogP) is 0.864. The molecule has 2 heterocycles. The average Bonchev–Trinajstić information content (AvgIpc) is 3.34. The molecule has 2 fully saturated rings. The van der Waals surface area contributed by atoms with Gasteiger partial charge in [0.05, 0.1) is 29.5 Å². The number of nitrogens with one attached hydrogen (secondary N) is 1. The van der Waals surface area contributed by atoms with Crippen molar-refractivity contribution >= 4 is 23.3 Å². The Morgan fingerprint density at radius 2 is 1.93 bits per heavy atom. The molecule has 7 nitrogen and oxygen atoms in total. The number of anilines is 1. The first kappa shape index (κ1) is 18.1. The SMILES string of the molecule is COCCN1CCN(C(=O)[C@@H]2C3C(=O)Nc4ccccc4C(=O)[C@@]32C)CC1. The predicted molar refractivity (Wildman–Crippen MR) is 99.4 cm³/mol. The Balaban J connectivity index is 1.49. The molecule has 1 aliphatic carbocycles. The van der Waals surface area contributed by atoms with Crippen LogP contribution in [0.3, 0.4) is 0 Å². The molecule has 2 amide bonds. The number of Topliss-reactive ketones (excluding diaryl/α,β-unsaturated/α-hetero) is 1. The van der Waals surface area contributed by atoms with Crippen molar-refractivity contribution in [2.75, 3.05) is 51.8 Å². The lowest BCUT2D eigenvalue weighted by molar-refractivity contribution is -0.136. The smallest absolute Gasteiger partial charge is 0.229 e. The Hall–Kier alpha value is -2.25. The quantitative estimate of drug-likeness (QED) is 0.850. The maximum absolute atomic E-state index is 13.1. The molecule has 1 N–H and O–H groups in total. The second-order valence-electron chi connectivity index (χ2n) is 7.76. The second kappa shape index (κ2) is 6.73. The van der Waals surface area contributed by atoms with Gasteiger partial charge in [-0.1, -0.05) is 19.1 Å². The van der Waals surface area contributed by atoms with Crippen LogP contribution in [0.15, 0.2) is 24.3 Å². The third-order valence-corrected chi connectivity index (χ3v) is 6.28. The number of carbonyl (C=O) groups is 3. The Morgan fingerprint density at radius 3 is 2.63 bits per heavy atom. The lowest BCUT2D eigenvalue weighted by Crippen LogP contribution is -2.50. The molecule has 1 aromatic rings. The summed E-state index contributed by atoms with van der Waals surface area (Å²) in [5, 5.41) is 2.83. The number of nitrogens with zero attached hydrogens (tertiary/aromatic N) is 2. The van der Waals surface area contributed by atoms with Crippen molar-refractivity contribution in [3.05, 3.63) is 29.8 Å². The fraction of sp³-hybridized carbons (Fsp3) is 0.550. The minimum atomic E-state index is -0.943. The van der Waals surface area contributed by atoms with Crippen molar-refractivity contribution in [3.8, 4) is 0 Å². The topological polar surface area (TPSA) is 79.0 Å². The van der Waals surface area contributed by atoms with E-state index in [0.29, 0.717) is 30.9 Å². The van der Waals surface area contributed by atoms with Crippen LogP contribution >= 0.6 is 0 Å². The number of methoxy groups -OCH3 is 1. The number of amides is 2. The largest absolute Gasteiger partial charge is 0.383 e. The number of hydrogen-bond donors (Lipinski definition) is 1. The molecule has 1 aromatic carbocycles. The molecule has 4 rings (SSSR count). The first-order valence-corrected chi connectivity index (χ1v) is 9.43. The van der Waals surface area contributed by atoms with E-state index in [2.05, 4.69) is 10.2 Å². The Morgan fingerprint density at radius 1 is 1.22 bits per heavy atom. The van der Waals surface area contributed by atoms with Gasteiger partial charge in [-0.25, -0.2) is 0 Å². The number of fused-ring (bicyclic) bond motifs is 2. The van der Waals surface area contributed by atoms with Crippen LogP contribution in [-0.2, 0) is 14.3 Å². The van der Waals surface area contributed by atoms with E-state index in [1.165, 1.54) is 0 Å². The molecule has 1 saturated carbocycles. The van der Waals surface area contributed by atoms with E-state index in [4.69, 9.17) is 4.74 Å². The van der Waals surface area contributed by atoms with Gasteiger partial charge in [-0.05, 0) is 12.1 Å². The van der Waals surface area contributed by atoms with Crippen molar-refractivity contribution in [2.24, 2.45) is 17.3 Å². The van der Waals surface area contributed by atoms with Crippen molar-refractivity contribution in [3.63, 3.8) is 0 Å². The number of piperazine rings is 1. The first-order valence-electron chi connectivity index (χ1n) is 9.43. The monoisotopic (exact) mass is 371 g/mol. The summed E-state index contributed by atoms with van der Waals surface area (Å²) in [5.41, 5.74) is 0.0930. The zero-order valence-electron chi connectivity index (χ0n) is 15.7. The summed E-state index contributed by atoms with van der Waals surface area (Å²) in [6, 6.07) is 7.03. The normalized spacial score (nSPS) is 30.2. The van der Waals surface area contributed by atoms with Crippen LogP contribution in [0.25, 0.3) is 0 Å². The number of para-hydroxylation sites is 1. The lowest BCUT2D eigenvalue weighted by atomic mass is 9.92. The van der Waals surface area contributed by atoms with Gasteiger partial charge in [0.2, 0.25) is 11.8 Å². The van der Waals surface area contributed by atoms with Gasteiger partial charge in [0.15, 0.2) is 5.78 Å². The molecular formula is C20H25N3O4. The van der Waals surface area contributed by atoms with Crippen LogP contribution in [0.5, 0.6) is 0 Å². The number of ketones is 1. The van der Waals surface area contributed by atoms with Crippen LogP contribution in [-0.4, -0.2) is 73.8 Å². The fourth-order valence-electron chi connectivity index (χ4n) is 4.52. The van der Waals surface area contributed by atoms with E-state index in [1.54, 1.807) is 43.2 Å². The van der Waals surface area contributed by atoms with E-state index in [9.17, 15) is 14.4 Å². The van der Waals surface area contributed by atoms with Crippen molar-refractivity contribution < 1.29 is 19.1 Å². The molecule has 0 radical (unpaired) electrons. The van der Waals surface area contributed by atoms with Crippen molar-refractivity contribution in [1.82, 2.24) is 9.80 Å². The highest BCUT2D eigenvalue weighted by atomic mass is 16.5. The molecule has 1 unspecified atom stereocenters. The van der Waals surface area contributed by atoms with Crippen LogP contribution < -0.4 is 5.32 Å². The number of ether oxygens (including phenoxy) is 1. The Kier molecular flexibility index (Phi) is 4.52.